The van der Waals surface area contributed by atoms with Gasteiger partial charge in [-0.3, -0.25) is 0 Å². The first-order chi connectivity index (χ1) is 10.4. The van der Waals surface area contributed by atoms with E-state index in [2.05, 4.69) is 11.8 Å². The molecule has 0 amide bonds. The normalized spacial score (nSPS) is 17.4. The van der Waals surface area contributed by atoms with E-state index < -0.39 is 0 Å². The molecule has 2 heteroatoms. The van der Waals surface area contributed by atoms with Crippen molar-refractivity contribution >= 4 is 11.6 Å². The lowest BCUT2D eigenvalue weighted by molar-refractivity contribution is 0.213. The van der Waals surface area contributed by atoms with E-state index in [9.17, 15) is 0 Å². The molecule has 1 aliphatic heterocycles. The zero-order valence-electron chi connectivity index (χ0n) is 14.4. The Kier molecular flexibility index (Phi) is 12.8. The summed E-state index contributed by atoms with van der Waals surface area (Å²) in [6.45, 7) is 4.97. The first-order valence-electron chi connectivity index (χ1n) is 9.68. The quantitative estimate of drug-likeness (QED) is 0.265. The number of nitrogens with zero attached hydrogens (tertiary/aromatic N) is 1. The maximum atomic E-state index is 5.89. The third-order valence-corrected chi connectivity index (χ3v) is 5.24. The summed E-state index contributed by atoms with van der Waals surface area (Å²) in [5.74, 6) is 0.835. The predicted molar refractivity (Wildman–Crippen MR) is 96.4 cm³/mol. The van der Waals surface area contributed by atoms with E-state index in [4.69, 9.17) is 11.6 Å². The Labute approximate surface area is 138 Å². The molecule has 0 spiro atoms. The molecule has 126 valence electrons. The minimum Gasteiger partial charge on any atom is -0.300 e. The van der Waals surface area contributed by atoms with E-state index in [1.165, 1.54) is 103 Å². The molecule has 1 rings (SSSR count). The van der Waals surface area contributed by atoms with Crippen molar-refractivity contribution in [3.63, 3.8) is 0 Å². The van der Waals surface area contributed by atoms with Gasteiger partial charge in [0.2, 0.25) is 0 Å². The molecule has 0 radical (unpaired) electrons. The number of unbranched alkanes of at least 4 members (excludes halogenated alkanes) is 8. The van der Waals surface area contributed by atoms with Crippen LogP contribution in [-0.4, -0.2) is 29.9 Å². The highest BCUT2D eigenvalue weighted by Gasteiger charge is 2.20. The highest BCUT2D eigenvalue weighted by atomic mass is 35.5. The molecular formula is C19H38ClN. The van der Waals surface area contributed by atoms with Gasteiger partial charge in [0.25, 0.3) is 0 Å². The third-order valence-electron chi connectivity index (χ3n) is 4.97. The summed E-state index contributed by atoms with van der Waals surface area (Å²) in [5, 5.41) is 0. The van der Waals surface area contributed by atoms with E-state index in [0.29, 0.717) is 0 Å². The fourth-order valence-electron chi connectivity index (χ4n) is 3.62. The molecule has 0 aliphatic carbocycles. The molecular weight excluding hydrogens is 278 g/mol. The summed E-state index contributed by atoms with van der Waals surface area (Å²) < 4.78 is 0. The summed E-state index contributed by atoms with van der Waals surface area (Å²) in [6.07, 6.45) is 19.7. The first kappa shape index (κ1) is 19.3. The summed E-state index contributed by atoms with van der Waals surface area (Å²) in [7, 11) is 0. The van der Waals surface area contributed by atoms with Crippen molar-refractivity contribution in [1.82, 2.24) is 4.90 Å². The minimum atomic E-state index is 0.829. The molecule has 0 aromatic carbocycles. The summed E-state index contributed by atoms with van der Waals surface area (Å²) in [5.41, 5.74) is 0. The molecule has 1 heterocycles. The van der Waals surface area contributed by atoms with Crippen molar-refractivity contribution in [2.24, 2.45) is 0 Å². The van der Waals surface area contributed by atoms with Crippen LogP contribution in [0.3, 0.4) is 0 Å². The Morgan fingerprint density at radius 3 is 1.86 bits per heavy atom. The van der Waals surface area contributed by atoms with Gasteiger partial charge in [-0.25, -0.2) is 0 Å². The summed E-state index contributed by atoms with van der Waals surface area (Å²) >= 11 is 5.89. The van der Waals surface area contributed by atoms with Crippen LogP contribution in [0.15, 0.2) is 0 Å². The average Bonchev–Trinajstić information content (AvgIpc) is 3.02. The van der Waals surface area contributed by atoms with Crippen molar-refractivity contribution in [2.75, 3.05) is 19.0 Å². The van der Waals surface area contributed by atoms with Gasteiger partial charge in [-0.1, -0.05) is 64.7 Å². The SMILES string of the molecule is CCCCCCCCCCCC(CCCCl)N1CCCC1. The van der Waals surface area contributed by atoms with Crippen LogP contribution in [-0.2, 0) is 0 Å². The fraction of sp³-hybridized carbons (Fsp3) is 1.00. The van der Waals surface area contributed by atoms with Crippen molar-refractivity contribution in [3.8, 4) is 0 Å². The van der Waals surface area contributed by atoms with Gasteiger partial charge in [0, 0.05) is 11.9 Å². The van der Waals surface area contributed by atoms with Crippen LogP contribution >= 0.6 is 11.6 Å². The largest absolute Gasteiger partial charge is 0.300 e. The molecule has 0 aromatic heterocycles. The van der Waals surface area contributed by atoms with Gasteiger partial charge in [-0.2, -0.15) is 0 Å². The highest BCUT2D eigenvalue weighted by molar-refractivity contribution is 6.17. The Morgan fingerprint density at radius 1 is 0.762 bits per heavy atom. The molecule has 0 bridgehead atoms. The molecule has 0 saturated carbocycles. The monoisotopic (exact) mass is 315 g/mol. The number of hydrogen-bond donors (Lipinski definition) is 0. The van der Waals surface area contributed by atoms with Crippen LogP contribution in [0.25, 0.3) is 0 Å². The molecule has 1 saturated heterocycles. The van der Waals surface area contributed by atoms with E-state index in [0.717, 1.165) is 11.9 Å². The Hall–Kier alpha value is 0.250. The molecule has 1 unspecified atom stereocenters. The van der Waals surface area contributed by atoms with Gasteiger partial charge < -0.3 is 4.90 Å². The van der Waals surface area contributed by atoms with Crippen LogP contribution in [0.1, 0.15) is 96.8 Å². The molecule has 1 atom stereocenters. The van der Waals surface area contributed by atoms with Gasteiger partial charge in [0.05, 0.1) is 0 Å². The second kappa shape index (κ2) is 13.9. The number of rotatable bonds is 14. The molecule has 21 heavy (non-hydrogen) atoms. The lowest BCUT2D eigenvalue weighted by atomic mass is 10.0. The van der Waals surface area contributed by atoms with E-state index in [-0.39, 0.29) is 0 Å². The molecule has 1 nitrogen and oxygen atoms in total. The fourth-order valence-corrected chi connectivity index (χ4v) is 3.77. The number of halogens is 1. The minimum absolute atomic E-state index is 0.829. The second-order valence-corrected chi connectivity index (χ2v) is 7.22. The molecule has 1 fully saturated rings. The average molecular weight is 316 g/mol. The lowest BCUT2D eigenvalue weighted by Crippen LogP contribution is -2.32. The van der Waals surface area contributed by atoms with E-state index in [1.807, 2.05) is 0 Å². The highest BCUT2D eigenvalue weighted by Crippen LogP contribution is 2.21. The zero-order valence-corrected chi connectivity index (χ0v) is 15.2. The molecule has 1 aliphatic rings. The zero-order chi connectivity index (χ0) is 15.2. The molecule has 0 aromatic rings. The van der Waals surface area contributed by atoms with Gasteiger partial charge in [0.15, 0.2) is 0 Å². The summed E-state index contributed by atoms with van der Waals surface area (Å²) in [4.78, 5) is 2.73. The van der Waals surface area contributed by atoms with Gasteiger partial charge in [0.1, 0.15) is 0 Å². The smallest absolute Gasteiger partial charge is 0.0224 e. The van der Waals surface area contributed by atoms with E-state index >= 15 is 0 Å². The lowest BCUT2D eigenvalue weighted by Gasteiger charge is -2.27. The van der Waals surface area contributed by atoms with Crippen LogP contribution in [0.2, 0.25) is 0 Å². The van der Waals surface area contributed by atoms with Crippen LogP contribution in [0.4, 0.5) is 0 Å². The second-order valence-electron chi connectivity index (χ2n) is 6.85. The maximum Gasteiger partial charge on any atom is 0.0224 e. The van der Waals surface area contributed by atoms with Crippen molar-refractivity contribution in [1.29, 1.82) is 0 Å². The van der Waals surface area contributed by atoms with Crippen molar-refractivity contribution in [3.05, 3.63) is 0 Å². The Bertz CT molecular complexity index is 214. The number of hydrogen-bond acceptors (Lipinski definition) is 1. The predicted octanol–water partition coefficient (Wildman–Crippen LogP) is 6.39. The molecule has 0 N–H and O–H groups in total. The Morgan fingerprint density at radius 2 is 1.29 bits per heavy atom. The van der Waals surface area contributed by atoms with Crippen LogP contribution < -0.4 is 0 Å². The van der Waals surface area contributed by atoms with Crippen LogP contribution in [0, 0.1) is 0 Å². The van der Waals surface area contributed by atoms with Gasteiger partial charge >= 0.3 is 0 Å². The standard InChI is InChI=1S/C19H38ClN/c1-2-3-4-5-6-7-8-9-10-14-19(15-13-16-20)21-17-11-12-18-21/h19H,2-18H2,1H3. The number of likely N-dealkylation sites (tertiary alicyclic amines) is 1. The number of alkyl halides is 1. The summed E-state index contributed by atoms with van der Waals surface area (Å²) in [6, 6.07) is 0.829. The third kappa shape index (κ3) is 9.79. The van der Waals surface area contributed by atoms with E-state index in [1.54, 1.807) is 0 Å². The van der Waals surface area contributed by atoms with Gasteiger partial charge in [-0.15, -0.1) is 11.6 Å². The first-order valence-corrected chi connectivity index (χ1v) is 10.2. The Balaban J connectivity index is 1.99. The van der Waals surface area contributed by atoms with Crippen LogP contribution in [0.5, 0.6) is 0 Å². The topological polar surface area (TPSA) is 3.24 Å². The van der Waals surface area contributed by atoms with Crippen molar-refractivity contribution in [2.45, 2.75) is 103 Å². The maximum absolute atomic E-state index is 5.89. The van der Waals surface area contributed by atoms with Crippen molar-refractivity contribution < 1.29 is 0 Å². The van der Waals surface area contributed by atoms with Gasteiger partial charge in [-0.05, 0) is 45.2 Å².